The molecule has 1 aromatic carbocycles. The van der Waals surface area contributed by atoms with Crippen molar-refractivity contribution in [3.63, 3.8) is 0 Å². The number of hydrogen-bond acceptors (Lipinski definition) is 6. The molecule has 0 saturated carbocycles. The molecule has 0 aliphatic carbocycles. The van der Waals surface area contributed by atoms with E-state index in [2.05, 4.69) is 4.98 Å². The molecule has 144 valence electrons. The number of aromatic nitrogens is 1. The van der Waals surface area contributed by atoms with Crippen molar-refractivity contribution in [3.8, 4) is 11.6 Å². The molecule has 0 aliphatic heterocycles. The number of carbonyl (C=O) groups is 1. The van der Waals surface area contributed by atoms with Crippen LogP contribution in [0.25, 0.3) is 0 Å². The lowest BCUT2D eigenvalue weighted by Crippen LogP contribution is -2.43. The van der Waals surface area contributed by atoms with Crippen molar-refractivity contribution in [1.82, 2.24) is 4.98 Å². The largest absolute Gasteiger partial charge is 0.480 e. The summed E-state index contributed by atoms with van der Waals surface area (Å²) in [6.07, 6.45) is -4.61. The average Bonchev–Trinajstić information content (AvgIpc) is 2.55. The summed E-state index contributed by atoms with van der Waals surface area (Å²) in [5, 5.41) is 19.9. The molecule has 1 atom stereocenters. The van der Waals surface area contributed by atoms with Gasteiger partial charge in [-0.05, 0) is 25.1 Å². The van der Waals surface area contributed by atoms with Gasteiger partial charge in [-0.3, -0.25) is 10.1 Å². The number of halogens is 4. The van der Waals surface area contributed by atoms with Crippen LogP contribution in [0.4, 0.5) is 18.9 Å². The Morgan fingerprint density at radius 1 is 1.33 bits per heavy atom. The second-order valence-corrected chi connectivity index (χ2v) is 5.93. The predicted octanol–water partition coefficient (Wildman–Crippen LogP) is 3.71. The van der Waals surface area contributed by atoms with Crippen LogP contribution in [0.3, 0.4) is 0 Å². The number of ether oxygens (including phenoxy) is 1. The molecule has 2 aromatic rings. The average molecular weight is 406 g/mol. The molecule has 3 N–H and O–H groups in total. The molecule has 0 bridgehead atoms. The number of carboxylic acids is 1. The minimum atomic E-state index is -4.61. The summed E-state index contributed by atoms with van der Waals surface area (Å²) in [7, 11) is 0. The molecule has 0 spiro atoms. The van der Waals surface area contributed by atoms with E-state index in [-0.39, 0.29) is 16.7 Å². The molecule has 1 heterocycles. The number of rotatable bonds is 5. The fourth-order valence-corrected chi connectivity index (χ4v) is 2.21. The lowest BCUT2D eigenvalue weighted by molar-refractivity contribution is -0.386. The van der Waals surface area contributed by atoms with Gasteiger partial charge in [0.25, 0.3) is 5.69 Å². The van der Waals surface area contributed by atoms with Gasteiger partial charge >= 0.3 is 12.1 Å². The Bertz CT molecular complexity index is 918. The van der Waals surface area contributed by atoms with E-state index in [1.807, 2.05) is 0 Å². The molecule has 0 saturated heterocycles. The number of nitrogens with two attached hydrogens (primary N) is 1. The lowest BCUT2D eigenvalue weighted by atomic mass is 9.97. The third-order valence-corrected chi connectivity index (χ3v) is 3.75. The van der Waals surface area contributed by atoms with Gasteiger partial charge in [0.05, 0.1) is 15.5 Å². The van der Waals surface area contributed by atoms with Gasteiger partial charge in [0.15, 0.2) is 11.2 Å². The Hall–Kier alpha value is -2.92. The highest BCUT2D eigenvalue weighted by atomic mass is 35.5. The molecule has 0 aliphatic rings. The zero-order chi connectivity index (χ0) is 20.6. The van der Waals surface area contributed by atoms with Crippen molar-refractivity contribution in [1.29, 1.82) is 0 Å². The molecule has 12 heteroatoms. The summed E-state index contributed by atoms with van der Waals surface area (Å²) in [6.45, 7) is 1.000. The summed E-state index contributed by atoms with van der Waals surface area (Å²) in [6, 6.07) is 4.25. The summed E-state index contributed by atoms with van der Waals surface area (Å²) in [5.74, 6) is -2.14. The Morgan fingerprint density at radius 3 is 2.44 bits per heavy atom. The van der Waals surface area contributed by atoms with Gasteiger partial charge in [-0.15, -0.1) is 0 Å². The number of alkyl halides is 3. The quantitative estimate of drug-likeness (QED) is 0.573. The van der Waals surface area contributed by atoms with Gasteiger partial charge in [0.2, 0.25) is 5.88 Å². The molecule has 1 unspecified atom stereocenters. The standard InChI is InChI=1S/C15H11ClF3N3O5/c1-14(20,13(23)24)12-9(22(25)26)3-5-11(21-12)27-10-4-2-7(6-8(10)16)15(17,18)19/h2-6H,20H2,1H3,(H,23,24). The fourth-order valence-electron chi connectivity index (χ4n) is 1.99. The first-order valence-electron chi connectivity index (χ1n) is 7.07. The first kappa shape index (κ1) is 20.4. The van der Waals surface area contributed by atoms with Crippen molar-refractivity contribution in [2.45, 2.75) is 18.6 Å². The molecule has 0 amide bonds. The van der Waals surface area contributed by atoms with Gasteiger partial charge in [-0.1, -0.05) is 11.6 Å². The van der Waals surface area contributed by atoms with Crippen molar-refractivity contribution in [3.05, 3.63) is 56.7 Å². The van der Waals surface area contributed by atoms with E-state index in [1.54, 1.807) is 0 Å². The van der Waals surface area contributed by atoms with Crippen LogP contribution in [-0.4, -0.2) is 21.0 Å². The zero-order valence-electron chi connectivity index (χ0n) is 13.5. The van der Waals surface area contributed by atoms with Crippen LogP contribution in [0.15, 0.2) is 30.3 Å². The number of hydrogen-bond donors (Lipinski definition) is 2. The normalized spacial score (nSPS) is 13.7. The van der Waals surface area contributed by atoms with E-state index in [1.165, 1.54) is 0 Å². The molecule has 8 nitrogen and oxygen atoms in total. The Morgan fingerprint density at radius 2 is 1.96 bits per heavy atom. The first-order chi connectivity index (χ1) is 12.3. The van der Waals surface area contributed by atoms with Gasteiger partial charge in [0, 0.05) is 12.1 Å². The van der Waals surface area contributed by atoms with E-state index in [0.717, 1.165) is 31.2 Å². The van der Waals surface area contributed by atoms with Crippen LogP contribution in [-0.2, 0) is 16.5 Å². The van der Waals surface area contributed by atoms with Crippen molar-refractivity contribution in [2.24, 2.45) is 5.73 Å². The van der Waals surface area contributed by atoms with Crippen molar-refractivity contribution >= 4 is 23.3 Å². The van der Waals surface area contributed by atoms with Crippen LogP contribution >= 0.6 is 11.6 Å². The Labute approximate surface area is 154 Å². The monoisotopic (exact) mass is 405 g/mol. The van der Waals surface area contributed by atoms with E-state index in [0.29, 0.717) is 6.07 Å². The van der Waals surface area contributed by atoms with Crippen molar-refractivity contribution < 1.29 is 32.7 Å². The number of nitrogens with zero attached hydrogens (tertiary/aromatic N) is 2. The Kier molecular flexibility index (Phi) is 5.29. The lowest BCUT2D eigenvalue weighted by Gasteiger charge is -2.19. The van der Waals surface area contributed by atoms with Crippen LogP contribution in [0.5, 0.6) is 11.6 Å². The molecule has 1 aromatic heterocycles. The summed E-state index contributed by atoms with van der Waals surface area (Å²) < 4.78 is 43.2. The van der Waals surface area contributed by atoms with Gasteiger partial charge in [-0.25, -0.2) is 9.78 Å². The minimum absolute atomic E-state index is 0.217. The van der Waals surface area contributed by atoms with Crippen LogP contribution in [0.1, 0.15) is 18.2 Å². The summed E-state index contributed by atoms with van der Waals surface area (Å²) >= 11 is 5.77. The van der Waals surface area contributed by atoms with E-state index in [4.69, 9.17) is 22.1 Å². The number of aliphatic carboxylic acids is 1. The van der Waals surface area contributed by atoms with Crippen molar-refractivity contribution in [2.75, 3.05) is 0 Å². The summed E-state index contributed by atoms with van der Waals surface area (Å²) in [4.78, 5) is 25.3. The van der Waals surface area contributed by atoms with Gasteiger partial charge in [0.1, 0.15) is 5.75 Å². The maximum absolute atomic E-state index is 12.7. The molecular formula is C15H11ClF3N3O5. The van der Waals surface area contributed by atoms with Crippen LogP contribution < -0.4 is 10.5 Å². The zero-order valence-corrected chi connectivity index (χ0v) is 14.2. The molecule has 2 rings (SSSR count). The molecule has 0 radical (unpaired) electrons. The smallest absolute Gasteiger partial charge is 0.416 e. The Balaban J connectivity index is 2.47. The van der Waals surface area contributed by atoms with E-state index in [9.17, 15) is 33.2 Å². The third kappa shape index (κ3) is 4.26. The molecular weight excluding hydrogens is 395 g/mol. The van der Waals surface area contributed by atoms with Gasteiger partial charge < -0.3 is 15.6 Å². The minimum Gasteiger partial charge on any atom is -0.480 e. The first-order valence-corrected chi connectivity index (χ1v) is 7.44. The fraction of sp³-hybridized carbons (Fsp3) is 0.200. The number of pyridine rings is 1. The second kappa shape index (κ2) is 7.00. The highest BCUT2D eigenvalue weighted by molar-refractivity contribution is 6.32. The highest BCUT2D eigenvalue weighted by Gasteiger charge is 2.39. The maximum atomic E-state index is 12.7. The summed E-state index contributed by atoms with van der Waals surface area (Å²) in [5.41, 5.74) is 1.13. The number of carboxylic acid groups (broad SMARTS) is 1. The van der Waals surface area contributed by atoms with Gasteiger partial charge in [-0.2, -0.15) is 13.2 Å². The predicted molar refractivity (Wildman–Crippen MR) is 86.6 cm³/mol. The third-order valence-electron chi connectivity index (χ3n) is 3.46. The topological polar surface area (TPSA) is 129 Å². The number of nitro groups is 1. The van der Waals surface area contributed by atoms with E-state index >= 15 is 0 Å². The molecule has 0 fully saturated rings. The number of benzene rings is 1. The second-order valence-electron chi connectivity index (χ2n) is 5.53. The van der Waals surface area contributed by atoms with Crippen LogP contribution in [0.2, 0.25) is 5.02 Å². The maximum Gasteiger partial charge on any atom is 0.416 e. The van der Waals surface area contributed by atoms with Crippen LogP contribution in [0, 0.1) is 10.1 Å². The SMILES string of the molecule is CC(N)(C(=O)O)c1nc(Oc2ccc(C(F)(F)F)cc2Cl)ccc1[N+](=O)[O-]. The molecule has 27 heavy (non-hydrogen) atoms. The highest BCUT2D eigenvalue weighted by Crippen LogP contribution is 2.37. The van der Waals surface area contributed by atoms with E-state index < -0.39 is 39.6 Å².